The Balaban J connectivity index is 1.33. The highest BCUT2D eigenvalue weighted by molar-refractivity contribution is 7.13. The number of rotatable bonds is 5. The molecule has 1 saturated heterocycles. The Kier molecular flexibility index (Phi) is 5.08. The van der Waals surface area contributed by atoms with Gasteiger partial charge in [-0.25, -0.2) is 0 Å². The van der Waals surface area contributed by atoms with Crippen LogP contribution in [0.1, 0.15) is 24.0 Å². The number of nitrogens with zero attached hydrogens (tertiary/aromatic N) is 3. The molecule has 0 spiro atoms. The number of thiophene rings is 1. The van der Waals surface area contributed by atoms with E-state index in [0.29, 0.717) is 44.3 Å². The summed E-state index contributed by atoms with van der Waals surface area (Å²) in [5, 5.41) is 5.95. The van der Waals surface area contributed by atoms with Gasteiger partial charge in [0.05, 0.1) is 18.0 Å². The predicted octanol–water partition coefficient (Wildman–Crippen LogP) is 3.33. The van der Waals surface area contributed by atoms with Crippen molar-refractivity contribution >= 4 is 17.2 Å². The van der Waals surface area contributed by atoms with Gasteiger partial charge in [0.25, 0.3) is 0 Å². The number of hydrogen-bond acceptors (Lipinski definition) is 6. The summed E-state index contributed by atoms with van der Waals surface area (Å²) in [6.07, 6.45) is 0.737. The summed E-state index contributed by atoms with van der Waals surface area (Å²) in [5.74, 6) is 1.16. The number of aryl methyl sites for hydroxylation is 1. The molecule has 7 heteroatoms. The minimum absolute atomic E-state index is 0.0669. The Labute approximate surface area is 155 Å². The summed E-state index contributed by atoms with van der Waals surface area (Å²) in [6.45, 7) is 1.74. The molecule has 3 heterocycles. The molecule has 3 aromatic rings. The van der Waals surface area contributed by atoms with Crippen LogP contribution in [0.15, 0.2) is 52.4 Å². The third-order valence-corrected chi connectivity index (χ3v) is 5.22. The first-order valence-electron chi connectivity index (χ1n) is 8.60. The topological polar surface area (TPSA) is 68.5 Å². The van der Waals surface area contributed by atoms with E-state index in [-0.39, 0.29) is 12.0 Å². The van der Waals surface area contributed by atoms with Crippen molar-refractivity contribution in [3.8, 4) is 10.7 Å². The SMILES string of the molecule is O=C(CCc1nc(-c2cccs2)no1)N1CCOC(c2ccccc2)C1. The maximum Gasteiger partial charge on any atom is 0.227 e. The monoisotopic (exact) mass is 369 g/mol. The number of aromatic nitrogens is 2. The third-order valence-electron chi connectivity index (χ3n) is 4.35. The van der Waals surface area contributed by atoms with Gasteiger partial charge in [-0.3, -0.25) is 4.79 Å². The Morgan fingerprint density at radius 3 is 2.92 bits per heavy atom. The quantitative estimate of drug-likeness (QED) is 0.690. The Bertz CT molecular complexity index is 848. The highest BCUT2D eigenvalue weighted by Gasteiger charge is 2.25. The lowest BCUT2D eigenvalue weighted by Gasteiger charge is -2.33. The fraction of sp³-hybridized carbons (Fsp3) is 0.316. The minimum atomic E-state index is -0.0669. The van der Waals surface area contributed by atoms with Gasteiger partial charge in [-0.1, -0.05) is 41.6 Å². The number of carbonyl (C=O) groups excluding carboxylic acids is 1. The molecule has 1 aliphatic rings. The smallest absolute Gasteiger partial charge is 0.227 e. The van der Waals surface area contributed by atoms with Crippen LogP contribution in [0.5, 0.6) is 0 Å². The molecule has 1 aliphatic heterocycles. The molecule has 0 bridgehead atoms. The molecular formula is C19H19N3O3S. The number of benzene rings is 1. The van der Waals surface area contributed by atoms with Gasteiger partial charge in [-0.15, -0.1) is 11.3 Å². The Hall–Kier alpha value is -2.51. The molecule has 0 saturated carbocycles. The van der Waals surface area contributed by atoms with Crippen LogP contribution in [0.2, 0.25) is 0 Å². The standard InChI is InChI=1S/C19H19N3O3S/c23-18(9-8-17-20-19(21-25-17)16-7-4-12-26-16)22-10-11-24-15(13-22)14-5-2-1-3-6-14/h1-7,12,15H,8-11,13H2. The van der Waals surface area contributed by atoms with Crippen molar-refractivity contribution in [2.75, 3.05) is 19.7 Å². The number of amides is 1. The van der Waals surface area contributed by atoms with Crippen LogP contribution < -0.4 is 0 Å². The third kappa shape index (κ3) is 3.84. The van der Waals surface area contributed by atoms with Crippen LogP contribution >= 0.6 is 11.3 Å². The summed E-state index contributed by atoms with van der Waals surface area (Å²) in [5.41, 5.74) is 1.10. The summed E-state index contributed by atoms with van der Waals surface area (Å²) in [4.78, 5) is 19.8. The molecule has 1 atom stereocenters. The van der Waals surface area contributed by atoms with E-state index in [2.05, 4.69) is 10.1 Å². The number of ether oxygens (including phenoxy) is 1. The van der Waals surface area contributed by atoms with Crippen molar-refractivity contribution in [1.82, 2.24) is 15.0 Å². The molecule has 0 aliphatic carbocycles. The second-order valence-corrected chi connectivity index (χ2v) is 7.05. The van der Waals surface area contributed by atoms with Gasteiger partial charge in [-0.05, 0) is 17.0 Å². The number of morpholine rings is 1. The van der Waals surface area contributed by atoms with E-state index < -0.39 is 0 Å². The first-order valence-corrected chi connectivity index (χ1v) is 9.48. The van der Waals surface area contributed by atoms with E-state index in [4.69, 9.17) is 9.26 Å². The van der Waals surface area contributed by atoms with Crippen LogP contribution in [0.25, 0.3) is 10.7 Å². The van der Waals surface area contributed by atoms with Gasteiger partial charge in [0, 0.05) is 19.4 Å². The van der Waals surface area contributed by atoms with Crippen LogP contribution in [0.3, 0.4) is 0 Å². The average molecular weight is 369 g/mol. The molecular weight excluding hydrogens is 350 g/mol. The number of hydrogen-bond donors (Lipinski definition) is 0. The summed E-state index contributed by atoms with van der Waals surface area (Å²) in [6, 6.07) is 13.9. The summed E-state index contributed by atoms with van der Waals surface area (Å²) < 4.78 is 11.1. The fourth-order valence-corrected chi connectivity index (χ4v) is 3.63. The zero-order valence-corrected chi connectivity index (χ0v) is 15.0. The maximum absolute atomic E-state index is 12.6. The fourth-order valence-electron chi connectivity index (χ4n) is 2.98. The van der Waals surface area contributed by atoms with Crippen LogP contribution in [0, 0.1) is 0 Å². The lowest BCUT2D eigenvalue weighted by molar-refractivity contribution is -0.139. The maximum atomic E-state index is 12.6. The molecule has 6 nitrogen and oxygen atoms in total. The molecule has 1 amide bonds. The second kappa shape index (κ2) is 7.80. The second-order valence-electron chi connectivity index (χ2n) is 6.10. The lowest BCUT2D eigenvalue weighted by atomic mass is 10.1. The Morgan fingerprint density at radius 2 is 2.12 bits per heavy atom. The molecule has 26 heavy (non-hydrogen) atoms. The number of carbonyl (C=O) groups is 1. The molecule has 1 fully saturated rings. The van der Waals surface area contributed by atoms with E-state index in [1.54, 1.807) is 11.3 Å². The van der Waals surface area contributed by atoms with Crippen molar-refractivity contribution in [3.05, 3.63) is 59.3 Å². The van der Waals surface area contributed by atoms with E-state index in [0.717, 1.165) is 10.4 Å². The van der Waals surface area contributed by atoms with Gasteiger partial charge >= 0.3 is 0 Å². The van der Waals surface area contributed by atoms with Crippen molar-refractivity contribution in [2.45, 2.75) is 18.9 Å². The van der Waals surface area contributed by atoms with Crippen molar-refractivity contribution in [1.29, 1.82) is 0 Å². The molecule has 2 aromatic heterocycles. The van der Waals surface area contributed by atoms with E-state index in [1.165, 1.54) is 0 Å². The summed E-state index contributed by atoms with van der Waals surface area (Å²) in [7, 11) is 0. The van der Waals surface area contributed by atoms with Crippen LogP contribution in [-0.4, -0.2) is 40.6 Å². The lowest BCUT2D eigenvalue weighted by Crippen LogP contribution is -2.42. The molecule has 4 rings (SSSR count). The van der Waals surface area contributed by atoms with Crippen molar-refractivity contribution in [3.63, 3.8) is 0 Å². The largest absolute Gasteiger partial charge is 0.370 e. The van der Waals surface area contributed by atoms with Crippen LogP contribution in [-0.2, 0) is 16.0 Å². The molecule has 1 aromatic carbocycles. The van der Waals surface area contributed by atoms with Gasteiger partial charge < -0.3 is 14.2 Å². The highest BCUT2D eigenvalue weighted by atomic mass is 32.1. The van der Waals surface area contributed by atoms with Crippen molar-refractivity contribution < 1.29 is 14.1 Å². The highest BCUT2D eigenvalue weighted by Crippen LogP contribution is 2.23. The minimum Gasteiger partial charge on any atom is -0.370 e. The molecule has 134 valence electrons. The first-order chi connectivity index (χ1) is 12.8. The molecule has 0 radical (unpaired) electrons. The zero-order chi connectivity index (χ0) is 17.8. The summed E-state index contributed by atoms with van der Waals surface area (Å²) >= 11 is 1.56. The van der Waals surface area contributed by atoms with Gasteiger partial charge in [0.2, 0.25) is 17.6 Å². The predicted molar refractivity (Wildman–Crippen MR) is 97.6 cm³/mol. The van der Waals surface area contributed by atoms with Gasteiger partial charge in [0.15, 0.2) is 0 Å². The van der Waals surface area contributed by atoms with Gasteiger partial charge in [0.1, 0.15) is 6.10 Å². The molecule has 1 unspecified atom stereocenters. The first kappa shape index (κ1) is 16.9. The Morgan fingerprint density at radius 1 is 1.23 bits per heavy atom. The molecule has 0 N–H and O–H groups in total. The van der Waals surface area contributed by atoms with Crippen molar-refractivity contribution in [2.24, 2.45) is 0 Å². The van der Waals surface area contributed by atoms with E-state index in [9.17, 15) is 4.79 Å². The average Bonchev–Trinajstić information content (AvgIpc) is 3.38. The normalized spacial score (nSPS) is 17.4. The van der Waals surface area contributed by atoms with Crippen LogP contribution in [0.4, 0.5) is 0 Å². The van der Waals surface area contributed by atoms with E-state index in [1.807, 2.05) is 52.7 Å². The van der Waals surface area contributed by atoms with E-state index >= 15 is 0 Å². The zero-order valence-electron chi connectivity index (χ0n) is 14.2. The van der Waals surface area contributed by atoms with Gasteiger partial charge in [-0.2, -0.15) is 4.98 Å².